The third-order valence-electron chi connectivity index (χ3n) is 2.80. The van der Waals surface area contributed by atoms with Gasteiger partial charge in [0, 0.05) is 12.6 Å². The highest BCUT2D eigenvalue weighted by Crippen LogP contribution is 2.11. The number of hydrogen-bond acceptors (Lipinski definition) is 2. The van der Waals surface area contributed by atoms with Crippen LogP contribution in [0.15, 0.2) is 0 Å². The van der Waals surface area contributed by atoms with Crippen LogP contribution in [0.1, 0.15) is 47.0 Å². The Morgan fingerprint density at radius 1 is 1.20 bits per heavy atom. The highest BCUT2D eigenvalue weighted by atomic mass is 16.1. The molecule has 0 aromatic carbocycles. The van der Waals surface area contributed by atoms with E-state index in [0.29, 0.717) is 19.1 Å². The van der Waals surface area contributed by atoms with Crippen LogP contribution < -0.4 is 10.6 Å². The molecular weight excluding hydrogens is 188 g/mol. The van der Waals surface area contributed by atoms with E-state index in [2.05, 4.69) is 31.4 Å². The molecule has 3 heteroatoms. The molecule has 1 amide bonds. The molecule has 0 aliphatic carbocycles. The lowest BCUT2D eigenvalue weighted by Gasteiger charge is -2.19. The molecule has 0 aliphatic rings. The molecule has 2 atom stereocenters. The van der Waals surface area contributed by atoms with Gasteiger partial charge < -0.3 is 10.6 Å². The van der Waals surface area contributed by atoms with Gasteiger partial charge in [0.15, 0.2) is 0 Å². The van der Waals surface area contributed by atoms with Crippen LogP contribution in [0.5, 0.6) is 0 Å². The molecule has 0 fully saturated rings. The second-order valence-corrected chi connectivity index (χ2v) is 4.19. The minimum absolute atomic E-state index is 0.0973. The molecule has 0 bridgehead atoms. The van der Waals surface area contributed by atoms with E-state index >= 15 is 0 Å². The zero-order valence-corrected chi connectivity index (χ0v) is 10.6. The summed E-state index contributed by atoms with van der Waals surface area (Å²) in [5.41, 5.74) is 0. The van der Waals surface area contributed by atoms with Crippen LogP contribution in [0, 0.1) is 5.92 Å². The molecule has 0 radical (unpaired) electrons. The molecule has 0 heterocycles. The predicted molar refractivity (Wildman–Crippen MR) is 64.8 cm³/mol. The summed E-state index contributed by atoms with van der Waals surface area (Å²) in [7, 11) is 0. The summed E-state index contributed by atoms with van der Waals surface area (Å²) in [6.45, 7) is 9.73. The van der Waals surface area contributed by atoms with E-state index in [-0.39, 0.29) is 5.91 Å². The minimum Gasteiger partial charge on any atom is -0.355 e. The van der Waals surface area contributed by atoms with Crippen molar-refractivity contribution in [2.24, 2.45) is 5.92 Å². The van der Waals surface area contributed by atoms with Crippen molar-refractivity contribution in [1.82, 2.24) is 10.6 Å². The van der Waals surface area contributed by atoms with Crippen LogP contribution in [-0.2, 0) is 4.79 Å². The van der Waals surface area contributed by atoms with Crippen molar-refractivity contribution in [3.8, 4) is 0 Å². The summed E-state index contributed by atoms with van der Waals surface area (Å²) in [5, 5.41) is 6.10. The Hall–Kier alpha value is -0.570. The summed E-state index contributed by atoms with van der Waals surface area (Å²) in [4.78, 5) is 11.2. The second-order valence-electron chi connectivity index (χ2n) is 4.19. The number of hydrogen-bond donors (Lipinski definition) is 2. The van der Waals surface area contributed by atoms with Crippen molar-refractivity contribution in [1.29, 1.82) is 0 Å². The number of rotatable bonds is 8. The van der Waals surface area contributed by atoms with Gasteiger partial charge in [-0.15, -0.1) is 0 Å². The van der Waals surface area contributed by atoms with E-state index in [1.165, 1.54) is 6.42 Å². The average Bonchev–Trinajstić information content (AvgIpc) is 2.24. The Balaban J connectivity index is 3.74. The van der Waals surface area contributed by atoms with E-state index in [1.807, 2.05) is 6.92 Å². The third kappa shape index (κ3) is 7.37. The van der Waals surface area contributed by atoms with Gasteiger partial charge in [-0.1, -0.05) is 27.2 Å². The highest BCUT2D eigenvalue weighted by Gasteiger charge is 2.10. The summed E-state index contributed by atoms with van der Waals surface area (Å²) < 4.78 is 0. The van der Waals surface area contributed by atoms with Gasteiger partial charge in [-0.3, -0.25) is 4.79 Å². The maximum Gasteiger partial charge on any atom is 0.233 e. The Kier molecular flexibility index (Phi) is 8.38. The van der Waals surface area contributed by atoms with E-state index in [4.69, 9.17) is 0 Å². The average molecular weight is 214 g/mol. The lowest BCUT2D eigenvalue weighted by Crippen LogP contribution is -2.39. The molecule has 0 saturated carbocycles. The molecule has 2 N–H and O–H groups in total. The van der Waals surface area contributed by atoms with E-state index in [1.54, 1.807) is 0 Å². The van der Waals surface area contributed by atoms with Crippen molar-refractivity contribution in [3.63, 3.8) is 0 Å². The SMILES string of the molecule is CCNC(=O)CNC(CC)CC(C)CC. The minimum atomic E-state index is 0.0973. The fourth-order valence-electron chi connectivity index (χ4n) is 1.54. The topological polar surface area (TPSA) is 41.1 Å². The molecule has 2 unspecified atom stereocenters. The third-order valence-corrected chi connectivity index (χ3v) is 2.80. The van der Waals surface area contributed by atoms with Crippen LogP contribution >= 0.6 is 0 Å². The highest BCUT2D eigenvalue weighted by molar-refractivity contribution is 5.77. The van der Waals surface area contributed by atoms with Gasteiger partial charge in [0.25, 0.3) is 0 Å². The first kappa shape index (κ1) is 14.4. The fraction of sp³-hybridized carbons (Fsp3) is 0.917. The van der Waals surface area contributed by atoms with Crippen molar-refractivity contribution < 1.29 is 4.79 Å². The lowest BCUT2D eigenvalue weighted by molar-refractivity contribution is -0.120. The van der Waals surface area contributed by atoms with E-state index in [0.717, 1.165) is 18.8 Å². The van der Waals surface area contributed by atoms with Crippen LogP contribution in [-0.4, -0.2) is 25.0 Å². The number of carbonyl (C=O) groups is 1. The van der Waals surface area contributed by atoms with Gasteiger partial charge >= 0.3 is 0 Å². The van der Waals surface area contributed by atoms with Crippen LogP contribution in [0.25, 0.3) is 0 Å². The maximum atomic E-state index is 11.2. The van der Waals surface area contributed by atoms with Gasteiger partial charge in [-0.05, 0) is 25.7 Å². The summed E-state index contributed by atoms with van der Waals surface area (Å²) >= 11 is 0. The van der Waals surface area contributed by atoms with Crippen LogP contribution in [0.3, 0.4) is 0 Å². The molecule has 0 rings (SSSR count). The van der Waals surface area contributed by atoms with E-state index < -0.39 is 0 Å². The zero-order valence-electron chi connectivity index (χ0n) is 10.6. The smallest absolute Gasteiger partial charge is 0.233 e. The fourth-order valence-corrected chi connectivity index (χ4v) is 1.54. The Morgan fingerprint density at radius 3 is 2.33 bits per heavy atom. The van der Waals surface area contributed by atoms with Crippen molar-refractivity contribution >= 4 is 5.91 Å². The lowest BCUT2D eigenvalue weighted by atomic mass is 9.98. The zero-order chi connectivity index (χ0) is 11.7. The van der Waals surface area contributed by atoms with Crippen molar-refractivity contribution in [2.45, 2.75) is 53.0 Å². The van der Waals surface area contributed by atoms with Gasteiger partial charge in [0.2, 0.25) is 5.91 Å². The molecule has 90 valence electrons. The largest absolute Gasteiger partial charge is 0.355 e. The van der Waals surface area contributed by atoms with Crippen LogP contribution in [0.4, 0.5) is 0 Å². The van der Waals surface area contributed by atoms with Crippen LogP contribution in [0.2, 0.25) is 0 Å². The van der Waals surface area contributed by atoms with Crippen molar-refractivity contribution in [3.05, 3.63) is 0 Å². The van der Waals surface area contributed by atoms with Gasteiger partial charge in [0.05, 0.1) is 6.54 Å². The number of amides is 1. The first-order valence-electron chi connectivity index (χ1n) is 6.14. The number of nitrogens with one attached hydrogen (secondary N) is 2. The Bertz CT molecular complexity index is 171. The number of carbonyl (C=O) groups excluding carboxylic acids is 1. The van der Waals surface area contributed by atoms with E-state index in [9.17, 15) is 4.79 Å². The van der Waals surface area contributed by atoms with Crippen molar-refractivity contribution in [2.75, 3.05) is 13.1 Å². The molecule has 0 spiro atoms. The molecule has 0 aromatic heterocycles. The molecule has 15 heavy (non-hydrogen) atoms. The second kappa shape index (κ2) is 8.72. The summed E-state index contributed by atoms with van der Waals surface area (Å²) in [6, 6.07) is 0.475. The molecule has 0 aromatic rings. The standard InChI is InChI=1S/C12H26N2O/c1-5-10(4)8-11(6-2)14-9-12(15)13-7-3/h10-11,14H,5-9H2,1-4H3,(H,13,15). The Labute approximate surface area is 94.0 Å². The number of likely N-dealkylation sites (N-methyl/N-ethyl adjacent to an activating group) is 1. The summed E-state index contributed by atoms with van der Waals surface area (Å²) in [6.07, 6.45) is 3.45. The normalized spacial score (nSPS) is 14.7. The maximum absolute atomic E-state index is 11.2. The van der Waals surface area contributed by atoms with Gasteiger partial charge in [0.1, 0.15) is 0 Å². The first-order valence-corrected chi connectivity index (χ1v) is 6.14. The summed E-state index contributed by atoms with van der Waals surface area (Å²) in [5.74, 6) is 0.830. The molecule has 0 aliphatic heterocycles. The first-order chi connectivity index (χ1) is 7.13. The monoisotopic (exact) mass is 214 g/mol. The molecular formula is C12H26N2O. The quantitative estimate of drug-likeness (QED) is 0.648. The Morgan fingerprint density at radius 2 is 1.87 bits per heavy atom. The molecule has 3 nitrogen and oxygen atoms in total. The van der Waals surface area contributed by atoms with Gasteiger partial charge in [-0.25, -0.2) is 0 Å². The predicted octanol–water partition coefficient (Wildman–Crippen LogP) is 1.93. The molecule has 0 saturated heterocycles. The van der Waals surface area contributed by atoms with Gasteiger partial charge in [-0.2, -0.15) is 0 Å².